The van der Waals surface area contributed by atoms with Gasteiger partial charge in [-0.15, -0.1) is 0 Å². The first-order valence-electron chi connectivity index (χ1n) is 8.61. The van der Waals surface area contributed by atoms with Crippen LogP contribution in [0.3, 0.4) is 0 Å². The van der Waals surface area contributed by atoms with Crippen molar-refractivity contribution in [1.29, 1.82) is 0 Å². The van der Waals surface area contributed by atoms with Gasteiger partial charge in [-0.2, -0.15) is 0 Å². The van der Waals surface area contributed by atoms with Gasteiger partial charge in [0.15, 0.2) is 0 Å². The molecule has 1 N–H and O–H groups in total. The molecule has 0 radical (unpaired) electrons. The highest BCUT2D eigenvalue weighted by Gasteiger charge is 2.57. The standard InChI is InChI=1S/C19H28O/c1-18-11-4-3-5-13(18)6-7-14-15-8-9-17(20)19(15,2)12-10-16(14)18/h3,5-6,14-17,20H,4,7-12H2,1-2H3/t14-,15-,16-,17?,18?,19?/m0/s1. The van der Waals surface area contributed by atoms with E-state index in [1.165, 1.54) is 38.5 Å². The van der Waals surface area contributed by atoms with Crippen LogP contribution in [0.15, 0.2) is 23.8 Å². The maximum Gasteiger partial charge on any atom is 0.0596 e. The van der Waals surface area contributed by atoms with E-state index >= 15 is 0 Å². The summed E-state index contributed by atoms with van der Waals surface area (Å²) in [5.74, 6) is 2.44. The first-order chi connectivity index (χ1) is 9.56. The third-order valence-electron chi connectivity index (χ3n) is 7.60. The number of aliphatic hydroxyl groups excluding tert-OH is 1. The maximum absolute atomic E-state index is 10.4. The fraction of sp³-hybridized carbons (Fsp3) is 0.789. The van der Waals surface area contributed by atoms with Crippen molar-refractivity contribution in [3.63, 3.8) is 0 Å². The van der Waals surface area contributed by atoms with Crippen molar-refractivity contribution in [3.05, 3.63) is 23.8 Å². The van der Waals surface area contributed by atoms with Crippen molar-refractivity contribution in [3.8, 4) is 0 Å². The van der Waals surface area contributed by atoms with Gasteiger partial charge in [-0.1, -0.05) is 32.1 Å². The molecule has 110 valence electrons. The molecule has 0 aliphatic heterocycles. The minimum Gasteiger partial charge on any atom is -0.393 e. The molecule has 4 rings (SSSR count). The van der Waals surface area contributed by atoms with Gasteiger partial charge >= 0.3 is 0 Å². The quantitative estimate of drug-likeness (QED) is 0.689. The van der Waals surface area contributed by atoms with Crippen molar-refractivity contribution < 1.29 is 5.11 Å². The van der Waals surface area contributed by atoms with Crippen LogP contribution < -0.4 is 0 Å². The molecular weight excluding hydrogens is 244 g/mol. The number of allylic oxidation sites excluding steroid dienone is 4. The average molecular weight is 272 g/mol. The van der Waals surface area contributed by atoms with E-state index in [2.05, 4.69) is 32.1 Å². The van der Waals surface area contributed by atoms with E-state index < -0.39 is 0 Å². The molecule has 0 aromatic carbocycles. The summed E-state index contributed by atoms with van der Waals surface area (Å²) in [4.78, 5) is 0. The van der Waals surface area contributed by atoms with E-state index in [0.29, 0.717) is 5.41 Å². The van der Waals surface area contributed by atoms with Crippen LogP contribution in [-0.2, 0) is 0 Å². The van der Waals surface area contributed by atoms with Crippen molar-refractivity contribution in [2.75, 3.05) is 0 Å². The summed E-state index contributed by atoms with van der Waals surface area (Å²) in [6, 6.07) is 0. The number of fused-ring (bicyclic) bond motifs is 5. The van der Waals surface area contributed by atoms with Crippen LogP contribution in [0.5, 0.6) is 0 Å². The lowest BCUT2D eigenvalue weighted by atomic mass is 9.49. The predicted octanol–water partition coefficient (Wildman–Crippen LogP) is 4.48. The highest BCUT2D eigenvalue weighted by molar-refractivity contribution is 5.34. The minimum atomic E-state index is -0.0436. The van der Waals surface area contributed by atoms with Crippen molar-refractivity contribution >= 4 is 0 Å². The lowest BCUT2D eigenvalue weighted by Gasteiger charge is -2.56. The fourth-order valence-electron chi connectivity index (χ4n) is 6.27. The van der Waals surface area contributed by atoms with Crippen LogP contribution >= 0.6 is 0 Å². The molecule has 0 spiro atoms. The number of aliphatic hydroxyl groups is 1. The molecule has 4 aliphatic rings. The van der Waals surface area contributed by atoms with Crippen LogP contribution in [0.1, 0.15) is 58.8 Å². The molecule has 1 heteroatoms. The summed E-state index contributed by atoms with van der Waals surface area (Å²) in [7, 11) is 0. The molecule has 2 saturated carbocycles. The van der Waals surface area contributed by atoms with E-state index in [1.807, 2.05) is 0 Å². The third-order valence-corrected chi connectivity index (χ3v) is 7.60. The predicted molar refractivity (Wildman–Crippen MR) is 82.2 cm³/mol. The van der Waals surface area contributed by atoms with E-state index in [1.54, 1.807) is 5.57 Å². The summed E-state index contributed by atoms with van der Waals surface area (Å²) in [5.41, 5.74) is 2.26. The third kappa shape index (κ3) is 1.53. The monoisotopic (exact) mass is 272 g/mol. The summed E-state index contributed by atoms with van der Waals surface area (Å²) in [6.45, 7) is 4.89. The highest BCUT2D eigenvalue weighted by Crippen LogP contribution is 2.64. The molecule has 4 aliphatic carbocycles. The van der Waals surface area contributed by atoms with E-state index in [0.717, 1.165) is 24.2 Å². The number of hydrogen-bond donors (Lipinski definition) is 1. The molecule has 0 aromatic heterocycles. The Morgan fingerprint density at radius 3 is 2.80 bits per heavy atom. The lowest BCUT2D eigenvalue weighted by molar-refractivity contribution is -0.0624. The average Bonchev–Trinajstić information content (AvgIpc) is 2.74. The van der Waals surface area contributed by atoms with Gasteiger partial charge in [-0.05, 0) is 79.1 Å². The molecule has 0 heterocycles. The van der Waals surface area contributed by atoms with Gasteiger partial charge in [0.2, 0.25) is 0 Å². The van der Waals surface area contributed by atoms with Crippen molar-refractivity contribution in [2.24, 2.45) is 28.6 Å². The Bertz CT molecular complexity index is 476. The normalized spacial score (nSPS) is 53.9. The second kappa shape index (κ2) is 4.22. The second-order valence-corrected chi connectivity index (χ2v) is 8.27. The Morgan fingerprint density at radius 2 is 1.95 bits per heavy atom. The topological polar surface area (TPSA) is 20.2 Å². The van der Waals surface area contributed by atoms with Gasteiger partial charge in [0.05, 0.1) is 6.10 Å². The van der Waals surface area contributed by atoms with Gasteiger partial charge in [0.1, 0.15) is 0 Å². The zero-order valence-electron chi connectivity index (χ0n) is 12.9. The molecule has 0 bridgehead atoms. The first-order valence-corrected chi connectivity index (χ1v) is 8.61. The second-order valence-electron chi connectivity index (χ2n) is 8.27. The highest BCUT2D eigenvalue weighted by atomic mass is 16.3. The van der Waals surface area contributed by atoms with Gasteiger partial charge in [-0.25, -0.2) is 0 Å². The molecule has 6 atom stereocenters. The summed E-state index contributed by atoms with van der Waals surface area (Å²) in [5, 5.41) is 10.4. The molecule has 20 heavy (non-hydrogen) atoms. The molecule has 3 unspecified atom stereocenters. The van der Waals surface area contributed by atoms with Gasteiger partial charge < -0.3 is 5.11 Å². The van der Waals surface area contributed by atoms with E-state index in [9.17, 15) is 5.11 Å². The summed E-state index contributed by atoms with van der Waals surface area (Å²) >= 11 is 0. The Kier molecular flexibility index (Phi) is 2.77. The lowest BCUT2D eigenvalue weighted by Crippen LogP contribution is -2.49. The molecule has 0 aromatic rings. The van der Waals surface area contributed by atoms with Crippen molar-refractivity contribution in [2.45, 2.75) is 64.9 Å². The zero-order chi connectivity index (χ0) is 14.0. The Morgan fingerprint density at radius 1 is 1.10 bits per heavy atom. The molecule has 0 saturated heterocycles. The van der Waals surface area contributed by atoms with Crippen LogP contribution in [0.25, 0.3) is 0 Å². The van der Waals surface area contributed by atoms with Gasteiger partial charge in [0.25, 0.3) is 0 Å². The van der Waals surface area contributed by atoms with E-state index in [4.69, 9.17) is 0 Å². The fourth-order valence-corrected chi connectivity index (χ4v) is 6.27. The number of rotatable bonds is 0. The Hall–Kier alpha value is -0.560. The summed E-state index contributed by atoms with van der Waals surface area (Å²) < 4.78 is 0. The Labute approximate surface area is 123 Å². The van der Waals surface area contributed by atoms with Crippen LogP contribution in [0.2, 0.25) is 0 Å². The minimum absolute atomic E-state index is 0.0436. The largest absolute Gasteiger partial charge is 0.393 e. The zero-order valence-corrected chi connectivity index (χ0v) is 12.9. The van der Waals surface area contributed by atoms with E-state index in [-0.39, 0.29) is 11.5 Å². The smallest absolute Gasteiger partial charge is 0.0596 e. The van der Waals surface area contributed by atoms with Gasteiger partial charge in [0, 0.05) is 0 Å². The van der Waals surface area contributed by atoms with Crippen LogP contribution in [-0.4, -0.2) is 11.2 Å². The summed E-state index contributed by atoms with van der Waals surface area (Å²) in [6.07, 6.45) is 16.0. The Balaban J connectivity index is 1.72. The molecular formula is C19H28O. The molecule has 2 fully saturated rings. The number of hydrogen-bond acceptors (Lipinski definition) is 1. The maximum atomic E-state index is 10.4. The SMILES string of the molecule is CC12CCC=CC1=CC[C@@H]1[C@@H]2CCC2(C)C(O)CC[C@@H]12. The van der Waals surface area contributed by atoms with Gasteiger partial charge in [-0.3, -0.25) is 0 Å². The van der Waals surface area contributed by atoms with Crippen molar-refractivity contribution in [1.82, 2.24) is 0 Å². The molecule has 0 amide bonds. The first kappa shape index (κ1) is 13.1. The van der Waals surface area contributed by atoms with Crippen LogP contribution in [0.4, 0.5) is 0 Å². The molecule has 1 nitrogen and oxygen atoms in total. The van der Waals surface area contributed by atoms with Crippen LogP contribution in [0, 0.1) is 28.6 Å².